The van der Waals surface area contributed by atoms with E-state index in [-0.39, 0.29) is 12.1 Å². The van der Waals surface area contributed by atoms with Gasteiger partial charge in [-0.05, 0) is 17.7 Å². The van der Waals surface area contributed by atoms with Gasteiger partial charge in [-0.2, -0.15) is 0 Å². The van der Waals surface area contributed by atoms with Gasteiger partial charge in [-0.3, -0.25) is 0 Å². The van der Waals surface area contributed by atoms with E-state index < -0.39 is 0 Å². The zero-order valence-corrected chi connectivity index (χ0v) is 11.4. The quantitative estimate of drug-likeness (QED) is 0.765. The van der Waals surface area contributed by atoms with Crippen molar-refractivity contribution in [3.8, 4) is 0 Å². The highest BCUT2D eigenvalue weighted by Gasteiger charge is 2.33. The summed E-state index contributed by atoms with van der Waals surface area (Å²) in [6.45, 7) is 0. The van der Waals surface area contributed by atoms with Crippen molar-refractivity contribution in [2.75, 3.05) is 0 Å². The van der Waals surface area contributed by atoms with Crippen molar-refractivity contribution in [3.63, 3.8) is 0 Å². The fraction of sp³-hybridized carbons (Fsp3) is 0.133. The second-order valence-electron chi connectivity index (χ2n) is 4.41. The summed E-state index contributed by atoms with van der Waals surface area (Å²) in [5.41, 5.74) is 2.29. The lowest BCUT2D eigenvalue weighted by molar-refractivity contribution is 0.0387. The van der Waals surface area contributed by atoms with Crippen LogP contribution in [0.5, 0.6) is 0 Å². The number of fused-ring (bicyclic) bond motifs is 1. The summed E-state index contributed by atoms with van der Waals surface area (Å²) in [4.78, 5) is 11.8. The molecular formula is C15H10Cl2O2. The zero-order valence-electron chi connectivity index (χ0n) is 9.90. The van der Waals surface area contributed by atoms with Crippen LogP contribution in [-0.4, -0.2) is 5.97 Å². The van der Waals surface area contributed by atoms with E-state index in [1.54, 1.807) is 12.1 Å². The molecule has 1 heterocycles. The molecule has 19 heavy (non-hydrogen) atoms. The number of hydrogen-bond donors (Lipinski definition) is 0. The Kier molecular flexibility index (Phi) is 3.21. The van der Waals surface area contributed by atoms with E-state index >= 15 is 0 Å². The molecule has 0 aromatic heterocycles. The molecule has 4 heteroatoms. The number of hydrogen-bond acceptors (Lipinski definition) is 2. The van der Waals surface area contributed by atoms with Crippen molar-refractivity contribution in [1.29, 1.82) is 0 Å². The van der Waals surface area contributed by atoms with E-state index in [2.05, 4.69) is 0 Å². The van der Waals surface area contributed by atoms with Crippen LogP contribution in [0.1, 0.15) is 27.6 Å². The molecule has 0 unspecified atom stereocenters. The number of carbonyl (C=O) groups is 1. The molecule has 0 bridgehead atoms. The number of carbonyl (C=O) groups excluding carboxylic acids is 1. The first-order valence-electron chi connectivity index (χ1n) is 5.89. The van der Waals surface area contributed by atoms with Crippen LogP contribution in [0.15, 0.2) is 42.5 Å². The monoisotopic (exact) mass is 292 g/mol. The lowest BCUT2D eigenvalue weighted by atomic mass is 9.99. The van der Waals surface area contributed by atoms with Gasteiger partial charge in [0.05, 0.1) is 15.6 Å². The summed E-state index contributed by atoms with van der Waals surface area (Å²) in [5.74, 6) is -0.338. The van der Waals surface area contributed by atoms with E-state index in [1.807, 2.05) is 30.3 Å². The van der Waals surface area contributed by atoms with Gasteiger partial charge < -0.3 is 4.74 Å². The Hall–Kier alpha value is -1.51. The van der Waals surface area contributed by atoms with E-state index in [9.17, 15) is 4.79 Å². The maximum absolute atomic E-state index is 11.8. The number of ether oxygens (including phenoxy) is 1. The van der Waals surface area contributed by atoms with Crippen molar-refractivity contribution < 1.29 is 9.53 Å². The minimum atomic E-state index is -0.365. The number of benzene rings is 2. The Morgan fingerprint density at radius 2 is 1.79 bits per heavy atom. The average molecular weight is 293 g/mol. The van der Waals surface area contributed by atoms with Crippen LogP contribution in [0, 0.1) is 0 Å². The van der Waals surface area contributed by atoms with Crippen molar-refractivity contribution in [2.24, 2.45) is 0 Å². The molecule has 1 aliphatic rings. The van der Waals surface area contributed by atoms with Crippen molar-refractivity contribution in [3.05, 3.63) is 69.2 Å². The standard InChI is InChI=1S/C15H10Cl2O2/c16-11-7-6-10-13(14(11)17)12(19-15(10)18)8-9-4-2-1-3-5-9/h1-7,12H,8H2/t12-/m0/s1. The molecule has 96 valence electrons. The van der Waals surface area contributed by atoms with Crippen molar-refractivity contribution in [2.45, 2.75) is 12.5 Å². The smallest absolute Gasteiger partial charge is 0.339 e. The van der Waals surface area contributed by atoms with Gasteiger partial charge in [0.1, 0.15) is 6.10 Å². The van der Waals surface area contributed by atoms with Gasteiger partial charge in [-0.1, -0.05) is 53.5 Å². The Labute approximate surface area is 120 Å². The largest absolute Gasteiger partial charge is 0.453 e. The lowest BCUT2D eigenvalue weighted by Gasteiger charge is -2.12. The summed E-state index contributed by atoms with van der Waals surface area (Å²) in [7, 11) is 0. The third kappa shape index (κ3) is 2.22. The molecule has 0 N–H and O–H groups in total. The van der Waals surface area contributed by atoms with Crippen LogP contribution in [0.4, 0.5) is 0 Å². The first-order chi connectivity index (χ1) is 9.16. The van der Waals surface area contributed by atoms with Crippen LogP contribution in [0.25, 0.3) is 0 Å². The Morgan fingerprint density at radius 3 is 2.53 bits per heavy atom. The maximum atomic E-state index is 11.8. The number of halogens is 2. The first-order valence-corrected chi connectivity index (χ1v) is 6.65. The van der Waals surface area contributed by atoms with Gasteiger partial charge in [0.2, 0.25) is 0 Å². The molecule has 0 saturated heterocycles. The predicted molar refractivity (Wildman–Crippen MR) is 74.8 cm³/mol. The van der Waals surface area contributed by atoms with Crippen LogP contribution in [-0.2, 0) is 11.2 Å². The Bertz CT molecular complexity index is 638. The number of rotatable bonds is 2. The second kappa shape index (κ2) is 4.87. The number of cyclic esters (lactones) is 1. The Balaban J connectivity index is 2.00. The van der Waals surface area contributed by atoms with E-state index in [0.717, 1.165) is 5.56 Å². The minimum absolute atomic E-state index is 0.338. The fourth-order valence-electron chi connectivity index (χ4n) is 2.28. The molecule has 1 aliphatic heterocycles. The predicted octanol–water partition coefficient (Wildman–Crippen LogP) is 4.45. The van der Waals surface area contributed by atoms with Crippen LogP contribution < -0.4 is 0 Å². The topological polar surface area (TPSA) is 26.3 Å². The van der Waals surface area contributed by atoms with Gasteiger partial charge in [0.25, 0.3) is 0 Å². The van der Waals surface area contributed by atoms with Gasteiger partial charge in [-0.25, -0.2) is 4.79 Å². The summed E-state index contributed by atoms with van der Waals surface area (Å²) in [6.07, 6.45) is 0.232. The molecule has 0 amide bonds. The van der Waals surface area contributed by atoms with Crippen LogP contribution in [0.2, 0.25) is 10.0 Å². The SMILES string of the molecule is O=C1O[C@@H](Cc2ccccc2)c2c1ccc(Cl)c2Cl. The second-order valence-corrected chi connectivity index (χ2v) is 5.19. The van der Waals surface area contributed by atoms with Gasteiger partial charge >= 0.3 is 5.97 Å². The molecule has 0 spiro atoms. The molecule has 0 aliphatic carbocycles. The van der Waals surface area contributed by atoms with E-state index in [1.165, 1.54) is 0 Å². The molecule has 0 fully saturated rings. The molecule has 1 atom stereocenters. The van der Waals surface area contributed by atoms with Crippen molar-refractivity contribution >= 4 is 29.2 Å². The van der Waals surface area contributed by atoms with Crippen molar-refractivity contribution in [1.82, 2.24) is 0 Å². The Morgan fingerprint density at radius 1 is 1.05 bits per heavy atom. The summed E-state index contributed by atoms with van der Waals surface area (Å²) < 4.78 is 5.39. The average Bonchev–Trinajstić information content (AvgIpc) is 2.72. The van der Waals surface area contributed by atoms with Crippen LogP contribution >= 0.6 is 23.2 Å². The maximum Gasteiger partial charge on any atom is 0.339 e. The van der Waals surface area contributed by atoms with Crippen LogP contribution in [0.3, 0.4) is 0 Å². The minimum Gasteiger partial charge on any atom is -0.453 e. The fourth-order valence-corrected chi connectivity index (χ4v) is 2.73. The normalized spacial score (nSPS) is 17.2. The summed E-state index contributed by atoms with van der Waals surface area (Å²) >= 11 is 12.2. The van der Waals surface area contributed by atoms with Gasteiger partial charge in [-0.15, -0.1) is 0 Å². The molecule has 3 rings (SSSR count). The summed E-state index contributed by atoms with van der Waals surface area (Å²) in [5, 5.41) is 0.850. The molecule has 0 radical (unpaired) electrons. The number of esters is 1. The van der Waals surface area contributed by atoms with E-state index in [4.69, 9.17) is 27.9 Å². The highest BCUT2D eigenvalue weighted by Crippen LogP contribution is 2.41. The highest BCUT2D eigenvalue weighted by molar-refractivity contribution is 6.43. The van der Waals surface area contributed by atoms with Gasteiger partial charge in [0.15, 0.2) is 0 Å². The lowest BCUT2D eigenvalue weighted by Crippen LogP contribution is -2.03. The molecule has 0 saturated carbocycles. The molecule has 2 aromatic carbocycles. The molecular weight excluding hydrogens is 283 g/mol. The third-order valence-corrected chi connectivity index (χ3v) is 4.01. The summed E-state index contributed by atoms with van der Waals surface area (Å²) in [6, 6.07) is 13.1. The molecule has 2 nitrogen and oxygen atoms in total. The first kappa shape index (κ1) is 12.5. The zero-order chi connectivity index (χ0) is 13.4. The van der Waals surface area contributed by atoms with E-state index in [0.29, 0.717) is 27.6 Å². The van der Waals surface area contributed by atoms with Gasteiger partial charge in [0, 0.05) is 12.0 Å². The molecule has 2 aromatic rings. The third-order valence-electron chi connectivity index (χ3n) is 3.19. The highest BCUT2D eigenvalue weighted by atomic mass is 35.5.